The van der Waals surface area contributed by atoms with Crippen LogP contribution in [0.5, 0.6) is 0 Å². The maximum Gasteiger partial charge on any atom is 0.229 e. The highest BCUT2D eigenvalue weighted by atomic mass is 35.5. The van der Waals surface area contributed by atoms with Gasteiger partial charge in [0.2, 0.25) is 5.95 Å². The normalized spacial score (nSPS) is 15.0. The third-order valence-electron chi connectivity index (χ3n) is 3.50. The van der Waals surface area contributed by atoms with Crippen molar-refractivity contribution in [3.05, 3.63) is 40.5 Å². The van der Waals surface area contributed by atoms with Crippen molar-refractivity contribution in [2.45, 2.75) is 19.3 Å². The number of halogens is 2. The number of hydrogen-bond donors (Lipinski definition) is 1. The number of nitrogens with one attached hydrogen (secondary N) is 1. The van der Waals surface area contributed by atoms with Crippen LogP contribution < -0.4 is 10.2 Å². The molecule has 1 N–H and O–H groups in total. The van der Waals surface area contributed by atoms with Crippen LogP contribution in [0, 0.1) is 0 Å². The second kappa shape index (κ2) is 6.50. The minimum Gasteiger partial charge on any atom is -0.356 e. The maximum atomic E-state index is 6.01. The van der Waals surface area contributed by atoms with E-state index in [-0.39, 0.29) is 0 Å². The lowest BCUT2D eigenvalue weighted by Gasteiger charge is -2.27. The first kappa shape index (κ1) is 14.4. The number of hydrogen-bond acceptors (Lipinski definition) is 4. The van der Waals surface area contributed by atoms with E-state index in [1.165, 1.54) is 19.3 Å². The molecular weight excluding hydrogens is 307 g/mol. The van der Waals surface area contributed by atoms with Crippen molar-refractivity contribution >= 4 is 40.7 Å². The van der Waals surface area contributed by atoms with Crippen LogP contribution >= 0.6 is 23.2 Å². The zero-order chi connectivity index (χ0) is 14.7. The summed E-state index contributed by atoms with van der Waals surface area (Å²) in [5.41, 5.74) is 0.820. The predicted octanol–water partition coefficient (Wildman–Crippen LogP) is 4.52. The largest absolute Gasteiger partial charge is 0.356 e. The highest BCUT2D eigenvalue weighted by molar-refractivity contribution is 6.42. The molecule has 0 atom stereocenters. The molecule has 0 aliphatic carbocycles. The lowest BCUT2D eigenvalue weighted by Crippen LogP contribution is -2.30. The Bertz CT molecular complexity index is 627. The Kier molecular flexibility index (Phi) is 4.46. The van der Waals surface area contributed by atoms with Crippen LogP contribution in [0.2, 0.25) is 10.0 Å². The van der Waals surface area contributed by atoms with Gasteiger partial charge in [-0.1, -0.05) is 23.2 Å². The first-order chi connectivity index (χ1) is 10.2. The van der Waals surface area contributed by atoms with Gasteiger partial charge in [-0.2, -0.15) is 4.98 Å². The summed E-state index contributed by atoms with van der Waals surface area (Å²) in [4.78, 5) is 11.1. The molecule has 1 aliphatic heterocycles. The summed E-state index contributed by atoms with van der Waals surface area (Å²) in [6.07, 6.45) is 5.52. The highest BCUT2D eigenvalue weighted by Crippen LogP contribution is 2.26. The number of piperidine rings is 1. The standard InChI is InChI=1S/C15H16Cl2N4/c16-12-5-4-11(10-13(12)17)19-15-18-7-6-14(20-15)21-8-2-1-3-9-21/h4-7,10H,1-3,8-9H2,(H,18,19,20). The van der Waals surface area contributed by atoms with Crippen LogP contribution in [0.4, 0.5) is 17.5 Å². The van der Waals surface area contributed by atoms with Gasteiger partial charge >= 0.3 is 0 Å². The van der Waals surface area contributed by atoms with Gasteiger partial charge in [0.15, 0.2) is 0 Å². The van der Waals surface area contributed by atoms with E-state index in [4.69, 9.17) is 23.2 Å². The van der Waals surface area contributed by atoms with Crippen molar-refractivity contribution in [2.75, 3.05) is 23.3 Å². The lowest BCUT2D eigenvalue weighted by atomic mass is 10.1. The Morgan fingerprint density at radius 3 is 2.57 bits per heavy atom. The summed E-state index contributed by atoms with van der Waals surface area (Å²) >= 11 is 11.9. The van der Waals surface area contributed by atoms with Crippen LogP contribution in [0.1, 0.15) is 19.3 Å². The van der Waals surface area contributed by atoms with Crippen molar-refractivity contribution < 1.29 is 0 Å². The topological polar surface area (TPSA) is 41.1 Å². The van der Waals surface area contributed by atoms with Gasteiger partial charge < -0.3 is 10.2 Å². The predicted molar refractivity (Wildman–Crippen MR) is 87.8 cm³/mol. The van der Waals surface area contributed by atoms with Gasteiger partial charge in [0, 0.05) is 25.0 Å². The van der Waals surface area contributed by atoms with Crippen LogP contribution in [-0.2, 0) is 0 Å². The van der Waals surface area contributed by atoms with E-state index < -0.39 is 0 Å². The molecular formula is C15H16Cl2N4. The molecule has 2 aromatic rings. The van der Waals surface area contributed by atoms with Gasteiger partial charge in [-0.25, -0.2) is 4.98 Å². The van der Waals surface area contributed by atoms with Gasteiger partial charge in [0.1, 0.15) is 5.82 Å². The molecule has 0 unspecified atom stereocenters. The molecule has 1 aromatic carbocycles. The van der Waals surface area contributed by atoms with Crippen molar-refractivity contribution in [2.24, 2.45) is 0 Å². The molecule has 6 heteroatoms. The zero-order valence-electron chi connectivity index (χ0n) is 11.5. The van der Waals surface area contributed by atoms with Gasteiger partial charge in [0.05, 0.1) is 10.0 Å². The van der Waals surface area contributed by atoms with Crippen molar-refractivity contribution in [1.29, 1.82) is 0 Å². The fourth-order valence-electron chi connectivity index (χ4n) is 2.41. The van der Waals surface area contributed by atoms with E-state index in [2.05, 4.69) is 20.2 Å². The molecule has 1 saturated heterocycles. The summed E-state index contributed by atoms with van der Waals surface area (Å²) in [6.45, 7) is 2.12. The quantitative estimate of drug-likeness (QED) is 0.902. The summed E-state index contributed by atoms with van der Waals surface area (Å²) in [6, 6.07) is 7.32. The molecule has 2 heterocycles. The van der Waals surface area contributed by atoms with Crippen molar-refractivity contribution in [3.63, 3.8) is 0 Å². The second-order valence-electron chi connectivity index (χ2n) is 5.04. The fourth-order valence-corrected chi connectivity index (χ4v) is 2.71. The lowest BCUT2D eigenvalue weighted by molar-refractivity contribution is 0.573. The highest BCUT2D eigenvalue weighted by Gasteiger charge is 2.12. The third kappa shape index (κ3) is 3.57. The second-order valence-corrected chi connectivity index (χ2v) is 5.85. The summed E-state index contributed by atoms with van der Waals surface area (Å²) in [5.74, 6) is 1.53. The Balaban J connectivity index is 1.77. The molecule has 0 radical (unpaired) electrons. The minimum absolute atomic E-state index is 0.508. The average Bonchev–Trinajstić information content (AvgIpc) is 2.52. The van der Waals surface area contributed by atoms with Crippen LogP contribution in [0.15, 0.2) is 30.5 Å². The molecule has 1 aromatic heterocycles. The van der Waals surface area contributed by atoms with Crippen LogP contribution in [0.25, 0.3) is 0 Å². The Morgan fingerprint density at radius 2 is 1.81 bits per heavy atom. The molecule has 0 saturated carbocycles. The Morgan fingerprint density at radius 1 is 1.00 bits per heavy atom. The van der Waals surface area contributed by atoms with E-state index in [0.29, 0.717) is 16.0 Å². The Hall–Kier alpha value is -1.52. The number of benzene rings is 1. The SMILES string of the molecule is Clc1ccc(Nc2nccc(N3CCCCC3)n2)cc1Cl. The average molecular weight is 323 g/mol. The summed E-state index contributed by atoms with van der Waals surface area (Å²) in [5, 5.41) is 4.20. The zero-order valence-corrected chi connectivity index (χ0v) is 13.0. The monoisotopic (exact) mass is 322 g/mol. The third-order valence-corrected chi connectivity index (χ3v) is 4.24. The number of rotatable bonds is 3. The molecule has 21 heavy (non-hydrogen) atoms. The van der Waals surface area contributed by atoms with Crippen molar-refractivity contribution in [1.82, 2.24) is 9.97 Å². The molecule has 4 nitrogen and oxygen atoms in total. The molecule has 1 aliphatic rings. The maximum absolute atomic E-state index is 6.01. The number of nitrogens with zero attached hydrogens (tertiary/aromatic N) is 3. The van der Waals surface area contributed by atoms with E-state index in [1.54, 1.807) is 18.3 Å². The minimum atomic E-state index is 0.508. The fraction of sp³-hybridized carbons (Fsp3) is 0.333. The molecule has 0 spiro atoms. The van der Waals surface area contributed by atoms with E-state index in [0.717, 1.165) is 24.6 Å². The molecule has 0 amide bonds. The number of aromatic nitrogens is 2. The van der Waals surface area contributed by atoms with E-state index in [1.807, 2.05) is 12.1 Å². The Labute approximate surface area is 134 Å². The van der Waals surface area contributed by atoms with E-state index in [9.17, 15) is 0 Å². The first-order valence-electron chi connectivity index (χ1n) is 7.02. The molecule has 1 fully saturated rings. The summed E-state index contributed by atoms with van der Waals surface area (Å²) < 4.78 is 0. The number of anilines is 3. The smallest absolute Gasteiger partial charge is 0.229 e. The van der Waals surface area contributed by atoms with Crippen LogP contribution in [-0.4, -0.2) is 23.1 Å². The summed E-state index contributed by atoms with van der Waals surface area (Å²) in [7, 11) is 0. The van der Waals surface area contributed by atoms with Crippen LogP contribution in [0.3, 0.4) is 0 Å². The van der Waals surface area contributed by atoms with Gasteiger partial charge in [-0.15, -0.1) is 0 Å². The molecule has 0 bridgehead atoms. The first-order valence-corrected chi connectivity index (χ1v) is 7.78. The van der Waals surface area contributed by atoms with Gasteiger partial charge in [-0.3, -0.25) is 0 Å². The van der Waals surface area contributed by atoms with Crippen molar-refractivity contribution in [3.8, 4) is 0 Å². The molecule has 3 rings (SSSR count). The van der Waals surface area contributed by atoms with Gasteiger partial charge in [0.25, 0.3) is 0 Å². The molecule has 110 valence electrons. The van der Waals surface area contributed by atoms with Gasteiger partial charge in [-0.05, 0) is 43.5 Å². The van der Waals surface area contributed by atoms with E-state index >= 15 is 0 Å².